The van der Waals surface area contributed by atoms with E-state index in [9.17, 15) is 14.4 Å². The molecule has 0 saturated carbocycles. The van der Waals surface area contributed by atoms with Gasteiger partial charge in [0.25, 0.3) is 0 Å². The number of aromatic nitrogens is 2. The van der Waals surface area contributed by atoms with Crippen LogP contribution in [-0.4, -0.2) is 113 Å². The van der Waals surface area contributed by atoms with E-state index >= 15 is 0 Å². The van der Waals surface area contributed by atoms with E-state index in [-0.39, 0.29) is 29.8 Å². The quantitative estimate of drug-likeness (QED) is 0.156. The Labute approximate surface area is 356 Å². The van der Waals surface area contributed by atoms with Gasteiger partial charge in [-0.25, -0.2) is 9.78 Å². The molecule has 0 atom stereocenters. The lowest BCUT2D eigenvalue weighted by Crippen LogP contribution is -2.72. The number of hydrogen-bond acceptors (Lipinski definition) is 9. The van der Waals surface area contributed by atoms with E-state index in [0.29, 0.717) is 75.5 Å². The fourth-order valence-corrected chi connectivity index (χ4v) is 9.16. The minimum absolute atomic E-state index is 0.0274. The zero-order valence-electron chi connectivity index (χ0n) is 34.8. The van der Waals surface area contributed by atoms with Gasteiger partial charge in [0.1, 0.15) is 11.4 Å². The molecule has 312 valence electrons. The first-order chi connectivity index (χ1) is 28.1. The van der Waals surface area contributed by atoms with Crippen molar-refractivity contribution in [3.05, 3.63) is 82.0 Å². The second-order valence-electron chi connectivity index (χ2n) is 16.9. The average Bonchev–Trinajstić information content (AvgIpc) is 3.17. The maximum atomic E-state index is 13.6. The lowest BCUT2D eigenvalue weighted by Gasteiger charge is -2.60. The molecule has 3 aliphatic heterocycles. The van der Waals surface area contributed by atoms with Gasteiger partial charge in [0.2, 0.25) is 17.7 Å². The maximum absolute atomic E-state index is 13.6. The van der Waals surface area contributed by atoms with Crippen LogP contribution in [0.1, 0.15) is 58.6 Å². The highest BCUT2D eigenvalue weighted by Gasteiger charge is 2.52. The molecule has 2 aromatic carbocycles. The molecule has 7 rings (SSSR count). The topological polar surface area (TPSA) is 118 Å². The fourth-order valence-electron chi connectivity index (χ4n) is 8.51. The number of hydrogen-bond donors (Lipinski definition) is 0. The van der Waals surface area contributed by atoms with Crippen LogP contribution in [-0.2, 0) is 27.4 Å². The molecule has 3 saturated heterocycles. The standard InChI is InChI=1S/C45H52Cl2N6O6/c1-28(54)51-19-16-33(17-20-51)53(43(56)59-44(3,4)5)23-32-13-14-37(49-42(32)58-7)36-10-8-9-34(39(36)46)35-15-18-48-41(40(35)47)30-11-12-31(38(21-30)57-6)22-50-24-45(25-50)26-52(27-45)29(2)55/h8-15,18,21,33H,16-17,19-20,22-27H2,1-7H3. The van der Waals surface area contributed by atoms with Crippen LogP contribution >= 0.6 is 23.2 Å². The van der Waals surface area contributed by atoms with Crippen LogP contribution < -0.4 is 9.47 Å². The van der Waals surface area contributed by atoms with Crippen molar-refractivity contribution in [3.63, 3.8) is 0 Å². The molecular formula is C45H52Cl2N6O6. The molecule has 3 aliphatic rings. The number of pyridine rings is 2. The molecule has 14 heteroatoms. The minimum Gasteiger partial charge on any atom is -0.496 e. The van der Waals surface area contributed by atoms with Crippen molar-refractivity contribution in [1.82, 2.24) is 29.6 Å². The smallest absolute Gasteiger partial charge is 0.410 e. The number of methoxy groups -OCH3 is 2. The Hall–Kier alpha value is -4.91. The summed E-state index contributed by atoms with van der Waals surface area (Å²) in [4.78, 5) is 54.7. The normalized spacial score (nSPS) is 16.6. The number of halogens is 2. The van der Waals surface area contributed by atoms with E-state index in [2.05, 4.69) is 16.0 Å². The third-order valence-electron chi connectivity index (χ3n) is 11.5. The maximum Gasteiger partial charge on any atom is 0.410 e. The predicted octanol–water partition coefficient (Wildman–Crippen LogP) is 8.21. The summed E-state index contributed by atoms with van der Waals surface area (Å²) in [6.45, 7) is 14.4. The highest BCUT2D eigenvalue weighted by molar-refractivity contribution is 6.39. The van der Waals surface area contributed by atoms with Gasteiger partial charge < -0.3 is 28.9 Å². The number of amides is 3. The Morgan fingerprint density at radius 1 is 0.831 bits per heavy atom. The zero-order valence-corrected chi connectivity index (χ0v) is 36.3. The van der Waals surface area contributed by atoms with Crippen LogP contribution in [0.4, 0.5) is 4.79 Å². The van der Waals surface area contributed by atoms with Crippen LogP contribution in [0.2, 0.25) is 10.0 Å². The first kappa shape index (κ1) is 42.2. The van der Waals surface area contributed by atoms with Crippen molar-refractivity contribution in [2.24, 2.45) is 5.41 Å². The van der Waals surface area contributed by atoms with Gasteiger partial charge in [0.05, 0.1) is 42.2 Å². The lowest BCUT2D eigenvalue weighted by molar-refractivity contribution is -0.157. The van der Waals surface area contributed by atoms with Crippen molar-refractivity contribution in [2.75, 3.05) is 53.5 Å². The minimum atomic E-state index is -0.685. The van der Waals surface area contributed by atoms with E-state index < -0.39 is 11.7 Å². The summed E-state index contributed by atoms with van der Waals surface area (Å²) in [5.41, 5.74) is 5.42. The third kappa shape index (κ3) is 9.00. The molecule has 59 heavy (non-hydrogen) atoms. The van der Waals surface area contributed by atoms with Crippen molar-refractivity contribution in [2.45, 2.75) is 72.2 Å². The second kappa shape index (κ2) is 17.0. The third-order valence-corrected chi connectivity index (χ3v) is 12.3. The summed E-state index contributed by atoms with van der Waals surface area (Å²) in [5.74, 6) is 1.28. The Bertz CT molecular complexity index is 2240. The molecule has 3 amide bonds. The number of carbonyl (C=O) groups excluding carboxylic acids is 3. The Morgan fingerprint density at radius 2 is 1.49 bits per heavy atom. The molecular weight excluding hydrogens is 791 g/mol. The van der Waals surface area contributed by atoms with Crippen LogP contribution in [0.15, 0.2) is 60.8 Å². The van der Waals surface area contributed by atoms with Gasteiger partial charge in [-0.2, -0.15) is 0 Å². The first-order valence-electron chi connectivity index (χ1n) is 20.0. The monoisotopic (exact) mass is 842 g/mol. The number of benzene rings is 2. The van der Waals surface area contributed by atoms with Gasteiger partial charge in [-0.3, -0.25) is 19.5 Å². The molecule has 3 fully saturated rings. The molecule has 2 aromatic heterocycles. The van der Waals surface area contributed by atoms with Crippen molar-refractivity contribution < 1.29 is 28.6 Å². The molecule has 12 nitrogen and oxygen atoms in total. The van der Waals surface area contributed by atoms with E-state index in [1.165, 1.54) is 0 Å². The SMILES string of the molecule is COc1cc(-c2nccc(-c3cccc(-c4ccc(CN(C(=O)OC(C)(C)C)C5CCN(C(C)=O)CC5)c(OC)n4)c3Cl)c2Cl)ccc1CN1CC2(C1)CN(C(C)=O)C2. The molecule has 1 spiro atoms. The van der Waals surface area contributed by atoms with E-state index in [4.69, 9.17) is 42.4 Å². The van der Waals surface area contributed by atoms with Crippen LogP contribution in [0, 0.1) is 5.41 Å². The second-order valence-corrected chi connectivity index (χ2v) is 17.7. The van der Waals surface area contributed by atoms with E-state index in [0.717, 1.165) is 49.6 Å². The summed E-state index contributed by atoms with van der Waals surface area (Å²) in [5, 5.41) is 0.905. The molecule has 0 bridgehead atoms. The first-order valence-corrected chi connectivity index (χ1v) is 20.7. The highest BCUT2D eigenvalue weighted by atomic mass is 35.5. The number of piperidine rings is 1. The predicted molar refractivity (Wildman–Crippen MR) is 228 cm³/mol. The van der Waals surface area contributed by atoms with Crippen LogP contribution in [0.25, 0.3) is 33.6 Å². The molecule has 0 radical (unpaired) electrons. The van der Waals surface area contributed by atoms with Gasteiger partial charge in [-0.15, -0.1) is 0 Å². The van der Waals surface area contributed by atoms with Gasteiger partial charge in [-0.05, 0) is 57.9 Å². The summed E-state index contributed by atoms with van der Waals surface area (Å²) in [7, 11) is 3.22. The number of nitrogens with zero attached hydrogens (tertiary/aromatic N) is 6. The van der Waals surface area contributed by atoms with Gasteiger partial charge in [-0.1, -0.05) is 53.5 Å². The van der Waals surface area contributed by atoms with Crippen molar-refractivity contribution >= 4 is 41.1 Å². The number of ether oxygens (including phenoxy) is 3. The lowest BCUT2D eigenvalue weighted by atomic mass is 9.72. The van der Waals surface area contributed by atoms with E-state index in [1.807, 2.05) is 74.2 Å². The Kier molecular flexibility index (Phi) is 12.2. The fraction of sp³-hybridized carbons (Fsp3) is 0.444. The molecule has 0 N–H and O–H groups in total. The van der Waals surface area contributed by atoms with Gasteiger partial charge in [0.15, 0.2) is 0 Å². The van der Waals surface area contributed by atoms with Crippen LogP contribution in [0.3, 0.4) is 0 Å². The summed E-state index contributed by atoms with van der Waals surface area (Å²) in [6.07, 6.45) is 2.56. The Morgan fingerprint density at radius 3 is 2.14 bits per heavy atom. The summed E-state index contributed by atoms with van der Waals surface area (Å²) < 4.78 is 17.5. The molecule has 4 aromatic rings. The van der Waals surface area contributed by atoms with Gasteiger partial charge >= 0.3 is 6.09 Å². The highest BCUT2D eigenvalue weighted by Crippen LogP contribution is 2.44. The largest absolute Gasteiger partial charge is 0.496 e. The number of likely N-dealkylation sites (tertiary alicyclic amines) is 3. The average molecular weight is 844 g/mol. The molecule has 0 unspecified atom stereocenters. The summed E-state index contributed by atoms with van der Waals surface area (Å²) >= 11 is 14.4. The van der Waals surface area contributed by atoms with Crippen molar-refractivity contribution in [3.8, 4) is 45.3 Å². The van der Waals surface area contributed by atoms with Gasteiger partial charge in [0, 0.05) is 111 Å². The van der Waals surface area contributed by atoms with E-state index in [1.54, 1.807) is 44.1 Å². The number of rotatable bonds is 10. The Balaban J connectivity index is 1.11. The zero-order chi connectivity index (χ0) is 42.2. The number of carbonyl (C=O) groups is 3. The molecule has 5 heterocycles. The molecule has 0 aliphatic carbocycles. The van der Waals surface area contributed by atoms with Crippen LogP contribution in [0.5, 0.6) is 11.6 Å². The van der Waals surface area contributed by atoms with Crippen molar-refractivity contribution in [1.29, 1.82) is 0 Å². The summed E-state index contributed by atoms with van der Waals surface area (Å²) in [6, 6.07) is 17.3.